The second-order valence-corrected chi connectivity index (χ2v) is 7.43. The molecule has 0 atom stereocenters. The Balaban J connectivity index is 2.03. The van der Waals surface area contributed by atoms with Gasteiger partial charge in [0.1, 0.15) is 0 Å². The molecule has 21 heavy (non-hydrogen) atoms. The van der Waals surface area contributed by atoms with Gasteiger partial charge in [0.15, 0.2) is 9.84 Å². The summed E-state index contributed by atoms with van der Waals surface area (Å²) in [6.07, 6.45) is 5.50. The summed E-state index contributed by atoms with van der Waals surface area (Å²) < 4.78 is 23.7. The van der Waals surface area contributed by atoms with Gasteiger partial charge in [-0.25, -0.2) is 8.42 Å². The van der Waals surface area contributed by atoms with Gasteiger partial charge in [0, 0.05) is 18.7 Å². The SMILES string of the molecule is CC=CCS(=O)(=O)Cc1ccc(C(=O)N2CCCC2)cc1. The average Bonchev–Trinajstić information content (AvgIpc) is 2.99. The smallest absolute Gasteiger partial charge is 0.253 e. The van der Waals surface area contributed by atoms with Crippen LogP contribution in [0.4, 0.5) is 0 Å². The van der Waals surface area contributed by atoms with Crippen LogP contribution in [0.2, 0.25) is 0 Å². The van der Waals surface area contributed by atoms with E-state index in [0.717, 1.165) is 31.5 Å². The minimum atomic E-state index is -3.13. The van der Waals surface area contributed by atoms with Crippen molar-refractivity contribution < 1.29 is 13.2 Å². The molecule has 0 N–H and O–H groups in total. The summed E-state index contributed by atoms with van der Waals surface area (Å²) in [6.45, 7) is 3.44. The first-order valence-electron chi connectivity index (χ1n) is 7.21. The molecule has 0 saturated carbocycles. The van der Waals surface area contributed by atoms with Crippen LogP contribution in [0.5, 0.6) is 0 Å². The van der Waals surface area contributed by atoms with Crippen molar-refractivity contribution in [1.82, 2.24) is 4.90 Å². The molecule has 1 aliphatic heterocycles. The van der Waals surface area contributed by atoms with Crippen LogP contribution in [0.25, 0.3) is 0 Å². The van der Waals surface area contributed by atoms with Crippen molar-refractivity contribution in [2.45, 2.75) is 25.5 Å². The molecule has 114 valence electrons. The van der Waals surface area contributed by atoms with Gasteiger partial charge in [-0.3, -0.25) is 4.79 Å². The number of likely N-dealkylation sites (tertiary alicyclic amines) is 1. The van der Waals surface area contributed by atoms with Crippen LogP contribution in [0, 0.1) is 0 Å². The molecule has 2 rings (SSSR count). The molecule has 4 nitrogen and oxygen atoms in total. The summed E-state index contributed by atoms with van der Waals surface area (Å²) in [7, 11) is -3.13. The number of nitrogens with zero attached hydrogens (tertiary/aromatic N) is 1. The van der Waals surface area contributed by atoms with E-state index < -0.39 is 9.84 Å². The van der Waals surface area contributed by atoms with Crippen LogP contribution in [-0.4, -0.2) is 38.1 Å². The van der Waals surface area contributed by atoms with Gasteiger partial charge in [-0.2, -0.15) is 0 Å². The van der Waals surface area contributed by atoms with Crippen LogP contribution in [0.15, 0.2) is 36.4 Å². The quantitative estimate of drug-likeness (QED) is 0.785. The number of benzene rings is 1. The Hall–Kier alpha value is -1.62. The molecule has 1 heterocycles. The van der Waals surface area contributed by atoms with E-state index in [-0.39, 0.29) is 17.4 Å². The highest BCUT2D eigenvalue weighted by Gasteiger charge is 2.19. The monoisotopic (exact) mass is 307 g/mol. The fourth-order valence-corrected chi connectivity index (χ4v) is 3.71. The summed E-state index contributed by atoms with van der Waals surface area (Å²) in [5.41, 5.74) is 1.35. The summed E-state index contributed by atoms with van der Waals surface area (Å²) in [4.78, 5) is 14.0. The lowest BCUT2D eigenvalue weighted by Gasteiger charge is -2.15. The molecule has 0 aromatic heterocycles. The van der Waals surface area contributed by atoms with Gasteiger partial charge in [0.05, 0.1) is 11.5 Å². The lowest BCUT2D eigenvalue weighted by molar-refractivity contribution is 0.0793. The second-order valence-electron chi connectivity index (χ2n) is 5.32. The highest BCUT2D eigenvalue weighted by molar-refractivity contribution is 7.90. The topological polar surface area (TPSA) is 54.5 Å². The van der Waals surface area contributed by atoms with Crippen molar-refractivity contribution in [2.24, 2.45) is 0 Å². The summed E-state index contributed by atoms with van der Waals surface area (Å²) >= 11 is 0. The van der Waals surface area contributed by atoms with Crippen molar-refractivity contribution >= 4 is 15.7 Å². The highest BCUT2D eigenvalue weighted by Crippen LogP contribution is 2.15. The van der Waals surface area contributed by atoms with Gasteiger partial charge in [-0.1, -0.05) is 24.3 Å². The molecule has 1 aromatic rings. The normalized spacial score (nSPS) is 15.8. The molecule has 1 aromatic carbocycles. The zero-order chi connectivity index (χ0) is 15.3. The summed E-state index contributed by atoms with van der Waals surface area (Å²) in [5, 5.41) is 0. The maximum atomic E-state index is 12.2. The summed E-state index contributed by atoms with van der Waals surface area (Å²) in [5.74, 6) is 0.101. The molecule has 0 bridgehead atoms. The third kappa shape index (κ3) is 4.43. The number of rotatable bonds is 5. The van der Waals surface area contributed by atoms with Crippen molar-refractivity contribution in [3.63, 3.8) is 0 Å². The van der Waals surface area contributed by atoms with Gasteiger partial charge in [0.2, 0.25) is 0 Å². The van der Waals surface area contributed by atoms with Gasteiger partial charge >= 0.3 is 0 Å². The Labute approximate surface area is 126 Å². The fraction of sp³-hybridized carbons (Fsp3) is 0.438. The van der Waals surface area contributed by atoms with E-state index in [9.17, 15) is 13.2 Å². The Morgan fingerprint density at radius 1 is 1.19 bits per heavy atom. The molecule has 1 amide bonds. The lowest BCUT2D eigenvalue weighted by Crippen LogP contribution is -2.27. The maximum absolute atomic E-state index is 12.2. The van der Waals surface area contributed by atoms with Crippen LogP contribution >= 0.6 is 0 Å². The first kappa shape index (κ1) is 15.8. The molecule has 0 spiro atoms. The number of hydrogen-bond acceptors (Lipinski definition) is 3. The van der Waals surface area contributed by atoms with E-state index in [2.05, 4.69) is 0 Å². The number of sulfone groups is 1. The van der Waals surface area contributed by atoms with Crippen LogP contribution in [-0.2, 0) is 15.6 Å². The summed E-state index contributed by atoms with van der Waals surface area (Å²) in [6, 6.07) is 6.91. The number of carbonyl (C=O) groups is 1. The minimum Gasteiger partial charge on any atom is -0.339 e. The lowest BCUT2D eigenvalue weighted by atomic mass is 10.1. The molecule has 1 fully saturated rings. The molecule has 0 radical (unpaired) electrons. The van der Waals surface area contributed by atoms with Crippen LogP contribution in [0.1, 0.15) is 35.7 Å². The number of carbonyl (C=O) groups excluding carboxylic acids is 1. The van der Waals surface area contributed by atoms with Gasteiger partial charge in [0.25, 0.3) is 5.91 Å². The third-order valence-electron chi connectivity index (χ3n) is 3.57. The zero-order valence-corrected chi connectivity index (χ0v) is 13.1. The van der Waals surface area contributed by atoms with E-state index in [1.54, 1.807) is 43.3 Å². The molecule has 0 unspecified atom stereocenters. The Bertz CT molecular complexity index is 611. The van der Waals surface area contributed by atoms with E-state index in [1.807, 2.05) is 4.90 Å². The third-order valence-corrected chi connectivity index (χ3v) is 5.04. The largest absolute Gasteiger partial charge is 0.339 e. The molecule has 0 aliphatic carbocycles. The van der Waals surface area contributed by atoms with Crippen molar-refractivity contribution in [2.75, 3.05) is 18.8 Å². The Kier molecular flexibility index (Phi) is 5.17. The van der Waals surface area contributed by atoms with Crippen molar-refractivity contribution in [3.05, 3.63) is 47.5 Å². The van der Waals surface area contributed by atoms with Crippen molar-refractivity contribution in [3.8, 4) is 0 Å². The first-order chi connectivity index (χ1) is 10.0. The molecule has 1 aliphatic rings. The van der Waals surface area contributed by atoms with Gasteiger partial charge in [-0.15, -0.1) is 0 Å². The van der Waals surface area contributed by atoms with E-state index >= 15 is 0 Å². The Morgan fingerprint density at radius 2 is 1.81 bits per heavy atom. The van der Waals surface area contributed by atoms with Gasteiger partial charge in [-0.05, 0) is 37.5 Å². The number of allylic oxidation sites excluding steroid dienone is 1. The predicted molar refractivity (Wildman–Crippen MR) is 83.9 cm³/mol. The van der Waals surface area contributed by atoms with E-state index in [0.29, 0.717) is 5.56 Å². The van der Waals surface area contributed by atoms with Crippen LogP contribution < -0.4 is 0 Å². The average molecular weight is 307 g/mol. The van der Waals surface area contributed by atoms with Gasteiger partial charge < -0.3 is 4.90 Å². The zero-order valence-electron chi connectivity index (χ0n) is 12.3. The molecular weight excluding hydrogens is 286 g/mol. The standard InChI is InChI=1S/C16H21NO3S/c1-2-3-12-21(19,20)13-14-6-8-15(9-7-14)16(18)17-10-4-5-11-17/h2-3,6-9H,4-5,10-13H2,1H3. The molecule has 1 saturated heterocycles. The predicted octanol–water partition coefficient (Wildman–Crippen LogP) is 2.41. The fourth-order valence-electron chi connectivity index (χ4n) is 2.40. The van der Waals surface area contributed by atoms with Crippen LogP contribution in [0.3, 0.4) is 0 Å². The minimum absolute atomic E-state index is 0.00945. The Morgan fingerprint density at radius 3 is 2.38 bits per heavy atom. The number of hydrogen-bond donors (Lipinski definition) is 0. The second kappa shape index (κ2) is 6.89. The molecular formula is C16H21NO3S. The van der Waals surface area contributed by atoms with E-state index in [4.69, 9.17) is 0 Å². The van der Waals surface area contributed by atoms with E-state index in [1.165, 1.54) is 0 Å². The highest BCUT2D eigenvalue weighted by atomic mass is 32.2. The first-order valence-corrected chi connectivity index (χ1v) is 9.04. The number of amides is 1. The van der Waals surface area contributed by atoms with Crippen molar-refractivity contribution in [1.29, 1.82) is 0 Å². The molecule has 5 heteroatoms. The maximum Gasteiger partial charge on any atom is 0.253 e.